The Balaban J connectivity index is 1.43. The van der Waals surface area contributed by atoms with Gasteiger partial charge in [-0.3, -0.25) is 9.59 Å². The van der Waals surface area contributed by atoms with Crippen molar-refractivity contribution in [1.29, 1.82) is 0 Å². The molecule has 1 amide bonds. The Hall–Kier alpha value is -6.38. The number of nitrogens with one attached hydrogen (secondary N) is 1. The van der Waals surface area contributed by atoms with E-state index in [1.54, 1.807) is 36.4 Å². The molecule has 16 nitrogen and oxygen atoms in total. The van der Waals surface area contributed by atoms with Crippen molar-refractivity contribution in [2.24, 2.45) is 0 Å². The largest absolute Gasteiger partial charge is 0.481 e. The summed E-state index contributed by atoms with van der Waals surface area (Å²) in [6, 6.07) is 36.0. The number of fused-ring (bicyclic) bond motifs is 8. The second-order valence-electron chi connectivity index (χ2n) is 25.8. The zero-order valence-electron chi connectivity index (χ0n) is 53.9. The van der Waals surface area contributed by atoms with Crippen LogP contribution in [-0.4, -0.2) is 57.2 Å². The first-order chi connectivity index (χ1) is 45.1. The molecule has 1 aliphatic carbocycles. The van der Waals surface area contributed by atoms with Gasteiger partial charge in [0.2, 0.25) is 5.91 Å². The zero-order chi connectivity index (χ0) is 69.7. The molecule has 0 unspecified atom stereocenters. The van der Waals surface area contributed by atoms with Gasteiger partial charge in [-0.1, -0.05) is 193 Å². The highest BCUT2D eigenvalue weighted by Gasteiger charge is 2.34. The van der Waals surface area contributed by atoms with Crippen LogP contribution in [-0.2, 0) is 99.4 Å². The minimum Gasteiger partial charge on any atom is -0.481 e. The third-order valence-electron chi connectivity index (χ3n) is 16.1. The fourth-order valence-electron chi connectivity index (χ4n) is 11.1. The number of carboxylic acid groups (broad SMARTS) is 1. The number of carbonyl (C=O) groups excluding carboxylic acids is 1. The lowest BCUT2D eigenvalue weighted by molar-refractivity contribution is -0.136. The molecular weight excluding hydrogens is 1570 g/mol. The van der Waals surface area contributed by atoms with Gasteiger partial charge in [0.1, 0.15) is 42.6 Å². The Labute approximate surface area is 597 Å². The summed E-state index contributed by atoms with van der Waals surface area (Å²) in [6.45, 7) is 14.0. The molecular formula is C72H73Br4NO15S4. The minimum absolute atomic E-state index is 0.0393. The lowest BCUT2D eigenvalue weighted by atomic mass is 9.81. The zero-order valence-corrected chi connectivity index (χ0v) is 63.5. The highest BCUT2D eigenvalue weighted by Crippen LogP contribution is 2.45. The number of aliphatic carboxylic acids is 1. The first kappa shape index (κ1) is 73.9. The van der Waals surface area contributed by atoms with E-state index < -0.39 is 76.5 Å². The summed E-state index contributed by atoms with van der Waals surface area (Å²) in [7, 11) is -19.3. The van der Waals surface area contributed by atoms with Crippen LogP contribution in [0.2, 0.25) is 0 Å². The number of halogens is 4. The molecule has 8 aromatic carbocycles. The summed E-state index contributed by atoms with van der Waals surface area (Å²) in [4.78, 5) is 26.3. The van der Waals surface area contributed by atoms with Crippen LogP contribution in [0.5, 0.6) is 23.0 Å². The van der Waals surface area contributed by atoms with E-state index in [1.165, 1.54) is 109 Å². The summed E-state index contributed by atoms with van der Waals surface area (Å²) in [5, 5.41) is 13.6. The van der Waals surface area contributed by atoms with Crippen molar-refractivity contribution < 1.29 is 65.1 Å². The van der Waals surface area contributed by atoms with E-state index in [0.29, 0.717) is 41.1 Å². The third-order valence-corrected chi connectivity index (χ3v) is 23.2. The van der Waals surface area contributed by atoms with Gasteiger partial charge in [-0.25, -0.2) is 0 Å². The van der Waals surface area contributed by atoms with Crippen molar-refractivity contribution in [2.75, 3.05) is 6.54 Å². The van der Waals surface area contributed by atoms with E-state index in [4.69, 9.17) is 16.7 Å². The van der Waals surface area contributed by atoms with Crippen LogP contribution >= 0.6 is 63.7 Å². The van der Waals surface area contributed by atoms with E-state index >= 15 is 25.3 Å². The molecule has 9 rings (SSSR count). The van der Waals surface area contributed by atoms with Crippen LogP contribution in [0.15, 0.2) is 183 Å². The lowest BCUT2D eigenvalue weighted by Crippen LogP contribution is -2.26. The van der Waals surface area contributed by atoms with Crippen molar-refractivity contribution in [3.63, 3.8) is 0 Å². The predicted octanol–water partition coefficient (Wildman–Crippen LogP) is 16.7. The Kier molecular flexibility index (Phi) is 23.4. The molecule has 0 saturated heterocycles. The number of amides is 1. The highest BCUT2D eigenvalue weighted by molar-refractivity contribution is 9.11. The second-order valence-corrected chi connectivity index (χ2v) is 35.6. The first-order valence-corrected chi connectivity index (χ1v) is 39.8. The summed E-state index contributed by atoms with van der Waals surface area (Å²) in [6.07, 6.45) is 3.43. The molecule has 0 fully saturated rings. The molecule has 8 aromatic rings. The maximum atomic E-state index is 15.1. The van der Waals surface area contributed by atoms with Crippen molar-refractivity contribution >= 4 is 116 Å². The molecule has 0 aromatic heterocycles. The average molecular weight is 1640 g/mol. The van der Waals surface area contributed by atoms with Gasteiger partial charge in [-0.2, -0.15) is 33.7 Å². The normalized spacial score (nSPS) is 13.0. The number of carbonyl (C=O) groups is 2. The van der Waals surface area contributed by atoms with Crippen molar-refractivity contribution in [3.05, 3.63) is 230 Å². The molecule has 0 heterocycles. The van der Waals surface area contributed by atoms with Gasteiger partial charge < -0.3 is 27.2 Å². The molecule has 0 radical (unpaired) electrons. The molecule has 0 aliphatic heterocycles. The molecule has 1 aliphatic rings. The third kappa shape index (κ3) is 18.9. The van der Waals surface area contributed by atoms with E-state index in [0.717, 1.165) is 38.5 Å². The van der Waals surface area contributed by atoms with Gasteiger partial charge in [-0.15, -0.1) is 0 Å². The Morgan fingerprint density at radius 2 is 0.646 bits per heavy atom. The number of hydrogen-bond acceptors (Lipinski definition) is 14. The maximum Gasteiger partial charge on any atom is 0.339 e. The van der Waals surface area contributed by atoms with E-state index in [9.17, 15) is 23.1 Å². The molecule has 2 N–H and O–H groups in total. The van der Waals surface area contributed by atoms with Crippen molar-refractivity contribution in [2.45, 2.75) is 156 Å². The molecule has 0 spiro atoms. The summed E-state index contributed by atoms with van der Waals surface area (Å²) >= 11 is 13.6. The lowest BCUT2D eigenvalue weighted by Gasteiger charge is -2.27. The number of benzene rings is 8. The van der Waals surface area contributed by atoms with Gasteiger partial charge in [0.25, 0.3) is 0 Å². The van der Waals surface area contributed by atoms with E-state index in [1.807, 2.05) is 41.5 Å². The molecule has 96 heavy (non-hydrogen) atoms. The smallest absolute Gasteiger partial charge is 0.339 e. The van der Waals surface area contributed by atoms with Gasteiger partial charge >= 0.3 is 46.4 Å². The van der Waals surface area contributed by atoms with Crippen LogP contribution in [0.3, 0.4) is 0 Å². The number of hydrogen-bond donors (Lipinski definition) is 2. The topological polar surface area (TPSA) is 240 Å². The van der Waals surface area contributed by atoms with Crippen LogP contribution in [0.4, 0.5) is 0 Å². The van der Waals surface area contributed by atoms with Gasteiger partial charge in [0, 0.05) is 94.6 Å². The number of rotatable bonds is 23. The average Bonchev–Trinajstić information content (AvgIpc) is 0.764. The second kappa shape index (κ2) is 30.4. The number of carboxylic acids is 1. The van der Waals surface area contributed by atoms with Crippen LogP contribution in [0.1, 0.15) is 154 Å². The fraction of sp³-hybridized carbons (Fsp3) is 0.306. The Morgan fingerprint density at radius 1 is 0.396 bits per heavy atom. The van der Waals surface area contributed by atoms with Gasteiger partial charge in [0.15, 0.2) is 0 Å². The van der Waals surface area contributed by atoms with Crippen molar-refractivity contribution in [3.8, 4) is 23.0 Å². The number of unbranched alkanes of at least 4 members (excludes halogenated alkanes) is 5. The SMILES string of the molecule is CCCCCCCCNC(=O)Cc1cc2c(OS(=O)(=O)c3ccc(Br)cc3)c(c1)Cc1cc(C(C)(C)C)cc(c1OS(=O)(=O)c1ccc(Br)cc1)Cc1cc(CC(=O)O)cc(c1OS(=O)(=O)c1ccc(Br)cc1)Cc1cc(C(C)(C)C)cc(c1OS(=O)(=O)c1ccc(Br)cc1)C2. The first-order valence-electron chi connectivity index (χ1n) is 31.0. The molecule has 508 valence electrons. The van der Waals surface area contributed by atoms with Crippen LogP contribution < -0.4 is 22.0 Å². The Morgan fingerprint density at radius 3 is 0.906 bits per heavy atom. The molecule has 8 bridgehead atoms. The quantitative estimate of drug-likeness (QED) is 0.0447. The Bertz CT molecular complexity index is 4510. The van der Waals surface area contributed by atoms with Crippen LogP contribution in [0, 0.1) is 0 Å². The van der Waals surface area contributed by atoms with E-state index in [-0.39, 0.29) is 118 Å². The highest BCUT2D eigenvalue weighted by atomic mass is 79.9. The molecule has 24 heteroatoms. The molecule has 0 saturated carbocycles. The molecule has 0 atom stereocenters. The van der Waals surface area contributed by atoms with Crippen LogP contribution in [0.25, 0.3) is 0 Å². The van der Waals surface area contributed by atoms with Crippen molar-refractivity contribution in [1.82, 2.24) is 5.32 Å². The summed E-state index contributed by atoms with van der Waals surface area (Å²) in [5.41, 5.74) is 1.12. The van der Waals surface area contributed by atoms with E-state index in [2.05, 4.69) is 76.0 Å². The van der Waals surface area contributed by atoms with Gasteiger partial charge in [-0.05, 0) is 137 Å². The monoisotopic (exact) mass is 1640 g/mol. The fourth-order valence-corrected chi connectivity index (χ4v) is 16.2. The minimum atomic E-state index is -4.83. The predicted molar refractivity (Wildman–Crippen MR) is 384 cm³/mol. The summed E-state index contributed by atoms with van der Waals surface area (Å²) in [5.74, 6) is -2.68. The standard InChI is InChI=1S/C72H73Br4NO15S4/c1-8-9-10-11-12-13-30-77-65(78)35-45-31-47-37-51-41-55(71(2,3)4)43-53(69(51)91-95(85,86)63-26-18-59(75)19-27-63)39-49-33-46(36-66(79)80)34-50(68(49)90-94(83,84)62-24-16-58(74)17-25-62)40-54-44-56(72(5,6)7)42-52(70(54)92-96(87,88)64-28-20-60(76)21-29-64)38-48(32-45)67(47)89-93(81,82)61-22-14-57(73)15-23-61/h14-29,31-34,41-44H,8-13,30,35-40H2,1-7H3,(H,77,78)(H,79,80). The maximum absolute atomic E-state index is 15.1. The van der Waals surface area contributed by atoms with Gasteiger partial charge in [0.05, 0.1) is 12.8 Å². The summed E-state index contributed by atoms with van der Waals surface area (Å²) < 4.78 is 148.